The van der Waals surface area contributed by atoms with E-state index in [1.54, 1.807) is 0 Å². The number of thiocarbonyl (C=S) groups is 1. The zero-order valence-corrected chi connectivity index (χ0v) is 21.9. The molecule has 2 saturated heterocycles. The largest absolute Gasteiger partial charge is 0.369 e. The van der Waals surface area contributed by atoms with Gasteiger partial charge in [0.2, 0.25) is 11.8 Å². The second kappa shape index (κ2) is 12.7. The van der Waals surface area contributed by atoms with Crippen LogP contribution in [0.4, 0.5) is 45.2 Å². The number of aromatic nitrogens is 2. The summed E-state index contributed by atoms with van der Waals surface area (Å²) in [4.78, 5) is 16.0. The van der Waals surface area contributed by atoms with E-state index in [0.29, 0.717) is 19.6 Å². The van der Waals surface area contributed by atoms with Gasteiger partial charge in [-0.25, -0.2) is 22.0 Å². The van der Waals surface area contributed by atoms with Crippen LogP contribution in [0.3, 0.4) is 0 Å². The number of nitrogens with zero attached hydrogens (tertiary/aromatic N) is 5. The highest BCUT2D eigenvalue weighted by atomic mass is 32.1. The standard InChI is InChI=1S/C24H31F5N8S/c1-35(13-7-31-24(38)34-22-20(28)18(26)17(25)19(27)21(22)29)12-6-30-15-14-16(36-8-2-3-9-36)33-23(32-15)37-10-4-5-11-37/h14H,2-13H2,1H3,(H,30,32,33)(H2,31,34,38). The molecule has 2 fully saturated rings. The van der Waals surface area contributed by atoms with Crippen LogP contribution >= 0.6 is 12.2 Å². The zero-order chi connectivity index (χ0) is 27.2. The summed E-state index contributed by atoms with van der Waals surface area (Å²) < 4.78 is 67.6. The summed E-state index contributed by atoms with van der Waals surface area (Å²) in [5.74, 6) is -7.78. The van der Waals surface area contributed by atoms with Gasteiger partial charge in [0.15, 0.2) is 28.4 Å². The lowest BCUT2D eigenvalue weighted by molar-refractivity contribution is 0.352. The minimum atomic E-state index is -2.22. The van der Waals surface area contributed by atoms with Gasteiger partial charge in [-0.05, 0) is 44.9 Å². The molecule has 1 aromatic heterocycles. The Morgan fingerprint density at radius 1 is 0.842 bits per heavy atom. The van der Waals surface area contributed by atoms with E-state index in [0.717, 1.165) is 69.4 Å². The first-order chi connectivity index (χ1) is 18.2. The average molecular weight is 559 g/mol. The zero-order valence-electron chi connectivity index (χ0n) is 21.1. The second-order valence-corrected chi connectivity index (χ2v) is 9.76. The minimum Gasteiger partial charge on any atom is -0.369 e. The predicted octanol–water partition coefficient (Wildman–Crippen LogP) is 3.70. The van der Waals surface area contributed by atoms with Gasteiger partial charge in [0.05, 0.1) is 0 Å². The number of rotatable bonds is 10. The van der Waals surface area contributed by atoms with Crippen molar-refractivity contribution in [3.05, 3.63) is 35.2 Å². The summed E-state index contributed by atoms with van der Waals surface area (Å²) in [7, 11) is 1.88. The molecule has 4 rings (SSSR count). The molecule has 3 N–H and O–H groups in total. The van der Waals surface area contributed by atoms with Crippen molar-refractivity contribution in [2.45, 2.75) is 25.7 Å². The van der Waals surface area contributed by atoms with Crippen LogP contribution in [0.1, 0.15) is 25.7 Å². The Balaban J connectivity index is 1.24. The summed E-state index contributed by atoms with van der Waals surface area (Å²) in [6.45, 7) is 5.95. The van der Waals surface area contributed by atoms with Gasteiger partial charge >= 0.3 is 0 Å². The van der Waals surface area contributed by atoms with Crippen LogP contribution in [-0.4, -0.2) is 79.4 Å². The van der Waals surface area contributed by atoms with Crippen molar-refractivity contribution < 1.29 is 22.0 Å². The maximum absolute atomic E-state index is 13.8. The molecule has 0 aliphatic carbocycles. The fourth-order valence-electron chi connectivity index (χ4n) is 4.40. The van der Waals surface area contributed by atoms with E-state index in [1.165, 1.54) is 0 Å². The third-order valence-corrected chi connectivity index (χ3v) is 6.79. The van der Waals surface area contributed by atoms with Crippen LogP contribution in [0.15, 0.2) is 6.07 Å². The number of halogens is 5. The predicted molar refractivity (Wildman–Crippen MR) is 141 cm³/mol. The first-order valence-electron chi connectivity index (χ1n) is 12.6. The number of hydrogen-bond donors (Lipinski definition) is 3. The van der Waals surface area contributed by atoms with E-state index in [9.17, 15) is 22.0 Å². The molecule has 14 heteroatoms. The molecule has 0 saturated carbocycles. The third-order valence-electron chi connectivity index (χ3n) is 6.55. The van der Waals surface area contributed by atoms with Gasteiger partial charge in [-0.15, -0.1) is 0 Å². The van der Waals surface area contributed by atoms with Gasteiger partial charge in [0.25, 0.3) is 0 Å². The van der Waals surface area contributed by atoms with Crippen molar-refractivity contribution in [2.24, 2.45) is 0 Å². The quantitative estimate of drug-likeness (QED) is 0.175. The van der Waals surface area contributed by atoms with E-state index in [1.807, 2.05) is 18.0 Å². The lowest BCUT2D eigenvalue weighted by Gasteiger charge is -2.22. The molecule has 38 heavy (non-hydrogen) atoms. The molecule has 0 atom stereocenters. The third kappa shape index (κ3) is 6.70. The van der Waals surface area contributed by atoms with Crippen LogP contribution < -0.4 is 25.8 Å². The van der Waals surface area contributed by atoms with Crippen molar-refractivity contribution in [1.82, 2.24) is 20.2 Å². The summed E-state index contributed by atoms with van der Waals surface area (Å²) in [6.07, 6.45) is 4.59. The van der Waals surface area contributed by atoms with E-state index in [2.05, 4.69) is 25.8 Å². The Morgan fingerprint density at radius 2 is 1.39 bits per heavy atom. The summed E-state index contributed by atoms with van der Waals surface area (Å²) >= 11 is 4.95. The van der Waals surface area contributed by atoms with Crippen molar-refractivity contribution in [2.75, 3.05) is 79.8 Å². The minimum absolute atomic E-state index is 0.260. The molecular formula is C24H31F5N8S. The molecule has 0 bridgehead atoms. The van der Waals surface area contributed by atoms with Crippen LogP contribution in [0.25, 0.3) is 0 Å². The maximum atomic E-state index is 13.8. The number of benzene rings is 1. The molecule has 208 valence electrons. The molecule has 2 aromatic rings. The lowest BCUT2D eigenvalue weighted by atomic mass is 10.2. The van der Waals surface area contributed by atoms with Crippen molar-refractivity contribution in [1.29, 1.82) is 0 Å². The highest BCUT2D eigenvalue weighted by molar-refractivity contribution is 7.80. The van der Waals surface area contributed by atoms with Crippen molar-refractivity contribution >= 4 is 40.6 Å². The molecule has 0 radical (unpaired) electrons. The molecule has 1 aromatic carbocycles. The number of likely N-dealkylation sites (N-methyl/N-ethyl adjacent to an activating group) is 1. The van der Waals surface area contributed by atoms with Gasteiger partial charge in [0.1, 0.15) is 17.3 Å². The first kappa shape index (κ1) is 28.0. The average Bonchev–Trinajstić information content (AvgIpc) is 3.64. The number of nitrogens with one attached hydrogen (secondary N) is 3. The molecular weight excluding hydrogens is 527 g/mol. The SMILES string of the molecule is CN(CCNC(=S)Nc1c(F)c(F)c(F)c(F)c1F)CCNc1cc(N2CCCC2)nc(N2CCCC2)n1. The fraction of sp³-hybridized carbons (Fsp3) is 0.542. The van der Waals surface area contributed by atoms with Crippen LogP contribution in [0.2, 0.25) is 0 Å². The number of hydrogen-bond acceptors (Lipinski definition) is 7. The summed E-state index contributed by atoms with van der Waals surface area (Å²) in [6, 6.07) is 1.98. The topological polar surface area (TPSA) is 71.6 Å². The molecule has 2 aliphatic rings. The Kier molecular flexibility index (Phi) is 9.36. The van der Waals surface area contributed by atoms with E-state index in [4.69, 9.17) is 22.2 Å². The first-order valence-corrected chi connectivity index (χ1v) is 13.0. The maximum Gasteiger partial charge on any atom is 0.229 e. The fourth-order valence-corrected chi connectivity index (χ4v) is 4.60. The normalized spacial score (nSPS) is 15.4. The molecule has 0 unspecified atom stereocenters. The monoisotopic (exact) mass is 558 g/mol. The van der Waals surface area contributed by atoms with Crippen LogP contribution in [0, 0.1) is 29.1 Å². The van der Waals surface area contributed by atoms with Gasteiger partial charge in [-0.1, -0.05) is 0 Å². The smallest absolute Gasteiger partial charge is 0.229 e. The Labute approximate surface area is 223 Å². The molecule has 2 aliphatic heterocycles. The Morgan fingerprint density at radius 3 is 2.03 bits per heavy atom. The van der Waals surface area contributed by atoms with Crippen LogP contribution in [0.5, 0.6) is 0 Å². The number of anilines is 4. The van der Waals surface area contributed by atoms with Crippen molar-refractivity contribution in [3.8, 4) is 0 Å². The van der Waals surface area contributed by atoms with Gasteiger partial charge in [0, 0.05) is 58.4 Å². The summed E-state index contributed by atoms with van der Waals surface area (Å²) in [5, 5.41) is 7.88. The van der Waals surface area contributed by atoms with E-state index in [-0.39, 0.29) is 11.7 Å². The Hall–Kier alpha value is -3.00. The Bertz CT molecular complexity index is 1080. The van der Waals surface area contributed by atoms with Crippen LogP contribution in [-0.2, 0) is 0 Å². The molecule has 0 spiro atoms. The van der Waals surface area contributed by atoms with Gasteiger partial charge in [-0.2, -0.15) is 9.97 Å². The van der Waals surface area contributed by atoms with Gasteiger partial charge in [-0.3, -0.25) is 0 Å². The molecule has 0 amide bonds. The molecule has 8 nitrogen and oxygen atoms in total. The van der Waals surface area contributed by atoms with E-state index >= 15 is 0 Å². The van der Waals surface area contributed by atoms with Gasteiger partial charge < -0.3 is 30.7 Å². The highest BCUT2D eigenvalue weighted by Crippen LogP contribution is 2.27. The molecule has 3 heterocycles. The van der Waals surface area contributed by atoms with Crippen molar-refractivity contribution in [3.63, 3.8) is 0 Å². The van der Waals surface area contributed by atoms with E-state index < -0.39 is 34.8 Å². The summed E-state index contributed by atoms with van der Waals surface area (Å²) in [5.41, 5.74) is -1.19. The lowest BCUT2D eigenvalue weighted by Crippen LogP contribution is -2.37. The second-order valence-electron chi connectivity index (χ2n) is 9.36. The highest BCUT2D eigenvalue weighted by Gasteiger charge is 2.26.